The fourth-order valence-corrected chi connectivity index (χ4v) is 2.01. The zero-order chi connectivity index (χ0) is 11.1. The lowest BCUT2D eigenvalue weighted by atomic mass is 10.0. The number of ether oxygens (including phenoxy) is 1. The number of methoxy groups -OCH3 is 1. The molecule has 1 aromatic rings. The summed E-state index contributed by atoms with van der Waals surface area (Å²) in [6.07, 6.45) is 2.38. The Hall–Kier alpha value is -0.730. The van der Waals surface area contributed by atoms with E-state index < -0.39 is 5.60 Å². The third-order valence-corrected chi connectivity index (χ3v) is 3.25. The molecule has 0 saturated heterocycles. The molecule has 0 unspecified atom stereocenters. The summed E-state index contributed by atoms with van der Waals surface area (Å²) in [5.41, 5.74) is 1.58. The number of hydrogen-bond donors (Lipinski definition) is 1. The van der Waals surface area contributed by atoms with Gasteiger partial charge in [-0.2, -0.15) is 0 Å². The van der Waals surface area contributed by atoms with Gasteiger partial charge in [-0.25, -0.2) is 0 Å². The molecule has 2 rings (SSSR count). The number of aliphatic hydroxyl groups is 1. The summed E-state index contributed by atoms with van der Waals surface area (Å²) < 4.78 is 5.19. The van der Waals surface area contributed by atoms with Crippen LogP contribution in [0.3, 0.4) is 0 Å². The molecule has 1 fully saturated rings. The Labute approximate surface area is 94.8 Å². The molecule has 0 amide bonds. The Bertz CT molecular complexity index is 383. The van der Waals surface area contributed by atoms with Crippen LogP contribution in [0.5, 0.6) is 5.75 Å². The van der Waals surface area contributed by atoms with E-state index >= 15 is 0 Å². The van der Waals surface area contributed by atoms with Gasteiger partial charge in [-0.05, 0) is 37.0 Å². The van der Waals surface area contributed by atoms with Crippen LogP contribution < -0.4 is 4.74 Å². The van der Waals surface area contributed by atoms with Gasteiger partial charge in [0.25, 0.3) is 0 Å². The first-order chi connectivity index (χ1) is 7.04. The molecular formula is C12H15ClO2. The highest BCUT2D eigenvalue weighted by atomic mass is 35.5. The molecule has 0 aromatic heterocycles. The quantitative estimate of drug-likeness (QED) is 0.859. The van der Waals surface area contributed by atoms with Gasteiger partial charge in [0.2, 0.25) is 0 Å². The van der Waals surface area contributed by atoms with Gasteiger partial charge in [0.15, 0.2) is 0 Å². The van der Waals surface area contributed by atoms with Crippen LogP contribution in [0.1, 0.15) is 24.0 Å². The van der Waals surface area contributed by atoms with Crippen molar-refractivity contribution < 1.29 is 9.84 Å². The zero-order valence-corrected chi connectivity index (χ0v) is 9.77. The average Bonchev–Trinajstić information content (AvgIpc) is 2.89. The van der Waals surface area contributed by atoms with Crippen molar-refractivity contribution in [2.75, 3.05) is 7.11 Å². The summed E-state index contributed by atoms with van der Waals surface area (Å²) in [6, 6.07) is 3.92. The fourth-order valence-electron chi connectivity index (χ4n) is 1.76. The van der Waals surface area contributed by atoms with Crippen LogP contribution in [-0.4, -0.2) is 17.8 Å². The molecule has 0 radical (unpaired) electrons. The molecule has 2 nitrogen and oxygen atoms in total. The third-order valence-electron chi connectivity index (χ3n) is 2.83. The van der Waals surface area contributed by atoms with Crippen LogP contribution in [-0.2, 0) is 6.42 Å². The van der Waals surface area contributed by atoms with Gasteiger partial charge in [0, 0.05) is 6.42 Å². The maximum atomic E-state index is 9.86. The zero-order valence-electron chi connectivity index (χ0n) is 9.01. The fraction of sp³-hybridized carbons (Fsp3) is 0.500. The molecule has 82 valence electrons. The first-order valence-electron chi connectivity index (χ1n) is 5.09. The Morgan fingerprint density at radius 1 is 1.47 bits per heavy atom. The van der Waals surface area contributed by atoms with Gasteiger partial charge in [-0.1, -0.05) is 17.7 Å². The van der Waals surface area contributed by atoms with Gasteiger partial charge in [-0.15, -0.1) is 0 Å². The van der Waals surface area contributed by atoms with Gasteiger partial charge in [-0.3, -0.25) is 0 Å². The van der Waals surface area contributed by atoms with E-state index in [1.165, 1.54) is 0 Å². The van der Waals surface area contributed by atoms with E-state index in [0.717, 1.165) is 24.0 Å². The molecule has 0 heterocycles. The van der Waals surface area contributed by atoms with Crippen LogP contribution in [0.2, 0.25) is 5.02 Å². The van der Waals surface area contributed by atoms with E-state index in [0.29, 0.717) is 17.2 Å². The monoisotopic (exact) mass is 226 g/mol. The van der Waals surface area contributed by atoms with Crippen LogP contribution >= 0.6 is 11.6 Å². The maximum absolute atomic E-state index is 9.86. The first kappa shape index (κ1) is 10.8. The molecule has 3 heteroatoms. The van der Waals surface area contributed by atoms with Gasteiger partial charge >= 0.3 is 0 Å². The molecule has 1 saturated carbocycles. The predicted molar refractivity (Wildman–Crippen MR) is 60.6 cm³/mol. The van der Waals surface area contributed by atoms with Gasteiger partial charge in [0.05, 0.1) is 17.7 Å². The van der Waals surface area contributed by atoms with Gasteiger partial charge < -0.3 is 9.84 Å². The summed E-state index contributed by atoms with van der Waals surface area (Å²) in [5, 5.41) is 10.5. The van der Waals surface area contributed by atoms with Crippen LogP contribution in [0.15, 0.2) is 12.1 Å². The first-order valence-corrected chi connectivity index (χ1v) is 5.47. The van der Waals surface area contributed by atoms with Crippen molar-refractivity contribution in [1.29, 1.82) is 0 Å². The molecule has 1 aliphatic rings. The van der Waals surface area contributed by atoms with Crippen molar-refractivity contribution in [3.05, 3.63) is 28.3 Å². The highest BCUT2D eigenvalue weighted by molar-refractivity contribution is 6.32. The van der Waals surface area contributed by atoms with Crippen LogP contribution in [0.25, 0.3) is 0 Å². The van der Waals surface area contributed by atoms with E-state index in [1.807, 2.05) is 19.1 Å². The molecule has 0 atom stereocenters. The second-order valence-electron chi connectivity index (χ2n) is 4.34. The largest absolute Gasteiger partial charge is 0.495 e. The Balaban J connectivity index is 2.32. The van der Waals surface area contributed by atoms with Crippen molar-refractivity contribution in [3.63, 3.8) is 0 Å². The van der Waals surface area contributed by atoms with Crippen molar-refractivity contribution in [2.45, 2.75) is 31.8 Å². The summed E-state index contributed by atoms with van der Waals surface area (Å²) in [6.45, 7) is 2.00. The average molecular weight is 227 g/mol. The predicted octanol–water partition coefficient (Wildman–Crippen LogP) is 2.72. The molecule has 0 aliphatic heterocycles. The number of aryl methyl sites for hydroxylation is 1. The number of halogens is 1. The highest BCUT2D eigenvalue weighted by Crippen LogP contribution is 2.41. The van der Waals surface area contributed by atoms with E-state index in [4.69, 9.17) is 16.3 Å². The summed E-state index contributed by atoms with van der Waals surface area (Å²) in [4.78, 5) is 0. The molecule has 1 aromatic carbocycles. The van der Waals surface area contributed by atoms with Crippen molar-refractivity contribution >= 4 is 11.6 Å². The highest BCUT2D eigenvalue weighted by Gasteiger charge is 2.40. The van der Waals surface area contributed by atoms with E-state index in [9.17, 15) is 5.11 Å². The normalized spacial score (nSPS) is 17.6. The third kappa shape index (κ3) is 2.27. The van der Waals surface area contributed by atoms with Crippen molar-refractivity contribution in [3.8, 4) is 5.75 Å². The molecule has 1 N–H and O–H groups in total. The van der Waals surface area contributed by atoms with E-state index in [2.05, 4.69) is 0 Å². The number of rotatable bonds is 3. The Morgan fingerprint density at radius 3 is 2.67 bits per heavy atom. The second kappa shape index (κ2) is 3.69. The Morgan fingerprint density at radius 2 is 2.13 bits per heavy atom. The molecule has 0 spiro atoms. The van der Waals surface area contributed by atoms with Gasteiger partial charge in [0.1, 0.15) is 5.75 Å². The molecule has 0 bridgehead atoms. The summed E-state index contributed by atoms with van der Waals surface area (Å²) in [7, 11) is 1.61. The molecular weight excluding hydrogens is 212 g/mol. The SMILES string of the molecule is COc1cc(C)cc(CC2(O)CC2)c1Cl. The second-order valence-corrected chi connectivity index (χ2v) is 4.72. The van der Waals surface area contributed by atoms with Crippen molar-refractivity contribution in [1.82, 2.24) is 0 Å². The van der Waals surface area contributed by atoms with Crippen LogP contribution in [0.4, 0.5) is 0 Å². The summed E-state index contributed by atoms with van der Waals surface area (Å²) >= 11 is 6.18. The van der Waals surface area contributed by atoms with E-state index in [1.54, 1.807) is 7.11 Å². The number of benzene rings is 1. The summed E-state index contributed by atoms with van der Waals surface area (Å²) in [5.74, 6) is 0.691. The molecule has 1 aliphatic carbocycles. The van der Waals surface area contributed by atoms with Crippen LogP contribution in [0, 0.1) is 6.92 Å². The molecule has 15 heavy (non-hydrogen) atoms. The lowest BCUT2D eigenvalue weighted by Gasteiger charge is -2.13. The van der Waals surface area contributed by atoms with Crippen molar-refractivity contribution in [2.24, 2.45) is 0 Å². The topological polar surface area (TPSA) is 29.5 Å². The standard InChI is InChI=1S/C12H15ClO2/c1-8-5-9(7-12(14)3-4-12)11(13)10(6-8)15-2/h5-6,14H,3-4,7H2,1-2H3. The minimum atomic E-state index is -0.511. The smallest absolute Gasteiger partial charge is 0.137 e. The number of hydrogen-bond acceptors (Lipinski definition) is 2. The lowest BCUT2D eigenvalue weighted by molar-refractivity contribution is 0.151. The maximum Gasteiger partial charge on any atom is 0.137 e. The Kier molecular flexibility index (Phi) is 2.65. The van der Waals surface area contributed by atoms with E-state index in [-0.39, 0.29) is 0 Å². The minimum Gasteiger partial charge on any atom is -0.495 e. The lowest BCUT2D eigenvalue weighted by Crippen LogP contribution is -2.11. The minimum absolute atomic E-state index is 0.511.